The van der Waals surface area contributed by atoms with Gasteiger partial charge in [-0.05, 0) is 42.8 Å². The minimum atomic E-state index is -3.92. The number of primary sulfonamides is 1. The van der Waals surface area contributed by atoms with Crippen molar-refractivity contribution in [2.24, 2.45) is 5.14 Å². The highest BCUT2D eigenvalue weighted by atomic mass is 32.2. The second-order valence-corrected chi connectivity index (χ2v) is 7.40. The molecule has 0 unspecified atom stereocenters. The Labute approximate surface area is 161 Å². The molecule has 0 heterocycles. The molecular weight excluding hydrogens is 391 g/mol. The summed E-state index contributed by atoms with van der Waals surface area (Å²) < 4.78 is 46.2. The van der Waals surface area contributed by atoms with Gasteiger partial charge in [-0.2, -0.15) is 0 Å². The number of carbonyl (C=O) groups is 2. The molecule has 1 amide bonds. The molecule has 2 aromatic rings. The van der Waals surface area contributed by atoms with Crippen molar-refractivity contribution in [1.82, 2.24) is 0 Å². The number of esters is 1. The molecule has 0 bridgehead atoms. The number of ether oxygens (including phenoxy) is 2. The van der Waals surface area contributed by atoms with E-state index < -0.39 is 33.8 Å². The van der Waals surface area contributed by atoms with E-state index in [9.17, 15) is 22.4 Å². The van der Waals surface area contributed by atoms with Gasteiger partial charge in [0, 0.05) is 5.69 Å². The van der Waals surface area contributed by atoms with Gasteiger partial charge in [-0.3, -0.25) is 9.59 Å². The molecule has 0 saturated heterocycles. The normalized spacial score (nSPS) is 12.1. The minimum Gasteiger partial charge on any atom is -0.494 e. The quantitative estimate of drug-likeness (QED) is 0.668. The third-order valence-electron chi connectivity index (χ3n) is 3.67. The van der Waals surface area contributed by atoms with E-state index in [-0.39, 0.29) is 22.8 Å². The number of halogens is 1. The van der Waals surface area contributed by atoms with Crippen molar-refractivity contribution in [3.05, 3.63) is 53.8 Å². The summed E-state index contributed by atoms with van der Waals surface area (Å²) in [5.74, 6) is -1.97. The first-order chi connectivity index (χ1) is 13.1. The number of carbonyl (C=O) groups excluding carboxylic acids is 2. The Morgan fingerprint density at radius 3 is 2.54 bits per heavy atom. The van der Waals surface area contributed by atoms with Crippen molar-refractivity contribution >= 4 is 27.6 Å². The lowest BCUT2D eigenvalue weighted by molar-refractivity contribution is -0.152. The van der Waals surface area contributed by atoms with Crippen LogP contribution in [0.2, 0.25) is 0 Å². The second kappa shape index (κ2) is 8.81. The van der Waals surface area contributed by atoms with Gasteiger partial charge in [-0.1, -0.05) is 12.1 Å². The molecule has 10 heteroatoms. The summed E-state index contributed by atoms with van der Waals surface area (Å²) in [7, 11) is -2.60. The number of rotatable bonds is 7. The van der Waals surface area contributed by atoms with Crippen LogP contribution in [0.3, 0.4) is 0 Å². The third-order valence-corrected chi connectivity index (χ3v) is 4.58. The largest absolute Gasteiger partial charge is 0.494 e. The molecule has 0 aliphatic carbocycles. The number of nitrogens with one attached hydrogen (secondary N) is 1. The summed E-state index contributed by atoms with van der Waals surface area (Å²) in [5, 5.41) is 7.47. The van der Waals surface area contributed by atoms with Gasteiger partial charge in [-0.15, -0.1) is 0 Å². The van der Waals surface area contributed by atoms with Crippen LogP contribution in [0.25, 0.3) is 0 Å². The maximum atomic E-state index is 13.7. The molecule has 28 heavy (non-hydrogen) atoms. The van der Waals surface area contributed by atoms with Crippen molar-refractivity contribution in [2.75, 3.05) is 12.4 Å². The Bertz CT molecular complexity index is 993. The van der Waals surface area contributed by atoms with E-state index in [1.807, 2.05) is 0 Å². The molecule has 2 aromatic carbocycles. The van der Waals surface area contributed by atoms with Gasteiger partial charge in [0.2, 0.25) is 10.0 Å². The van der Waals surface area contributed by atoms with Gasteiger partial charge in [-0.25, -0.2) is 17.9 Å². The van der Waals surface area contributed by atoms with Crippen LogP contribution in [-0.2, 0) is 30.8 Å². The molecule has 150 valence electrons. The minimum absolute atomic E-state index is 0.0478. The molecule has 2 rings (SSSR count). The average Bonchev–Trinajstić information content (AvgIpc) is 2.61. The Morgan fingerprint density at radius 1 is 1.21 bits per heavy atom. The lowest BCUT2D eigenvalue weighted by atomic mass is 10.1. The molecule has 0 aromatic heterocycles. The lowest BCUT2D eigenvalue weighted by Crippen LogP contribution is -2.30. The average molecular weight is 410 g/mol. The smallest absolute Gasteiger partial charge is 0.311 e. The summed E-state index contributed by atoms with van der Waals surface area (Å²) >= 11 is 0. The number of amides is 1. The molecule has 8 nitrogen and oxygen atoms in total. The van der Waals surface area contributed by atoms with Crippen molar-refractivity contribution in [3.63, 3.8) is 0 Å². The molecule has 0 spiro atoms. The van der Waals surface area contributed by atoms with Crippen LogP contribution < -0.4 is 15.2 Å². The van der Waals surface area contributed by atoms with Gasteiger partial charge in [0.15, 0.2) is 17.7 Å². The highest BCUT2D eigenvalue weighted by Gasteiger charge is 2.19. The molecule has 0 fully saturated rings. The van der Waals surface area contributed by atoms with E-state index in [2.05, 4.69) is 5.32 Å². The highest BCUT2D eigenvalue weighted by molar-refractivity contribution is 7.89. The van der Waals surface area contributed by atoms with Gasteiger partial charge >= 0.3 is 5.97 Å². The van der Waals surface area contributed by atoms with E-state index in [1.54, 1.807) is 0 Å². The van der Waals surface area contributed by atoms with E-state index in [1.165, 1.54) is 50.4 Å². The standard InChI is InChI=1S/C18H19FN2O6S/c1-11(18(23)21-13-4-3-5-14(10-13)28(20,24)25)27-17(22)9-12-6-7-16(26-2)15(19)8-12/h3-8,10-11H,9H2,1-2H3,(H,21,23)(H2,20,24,25)/t11-/m0/s1. The van der Waals surface area contributed by atoms with Crippen LogP contribution in [0.15, 0.2) is 47.4 Å². The summed E-state index contributed by atoms with van der Waals surface area (Å²) in [6.07, 6.45) is -1.40. The summed E-state index contributed by atoms with van der Waals surface area (Å²) in [6, 6.07) is 9.36. The highest BCUT2D eigenvalue weighted by Crippen LogP contribution is 2.18. The Hall–Kier alpha value is -2.98. The maximum absolute atomic E-state index is 13.7. The van der Waals surface area contributed by atoms with Gasteiger partial charge in [0.05, 0.1) is 18.4 Å². The molecule has 0 aliphatic rings. The predicted octanol–water partition coefficient (Wildman–Crippen LogP) is 1.59. The van der Waals surface area contributed by atoms with E-state index in [0.717, 1.165) is 6.07 Å². The first kappa shape index (κ1) is 21.3. The number of nitrogens with two attached hydrogens (primary N) is 1. The fourth-order valence-corrected chi connectivity index (χ4v) is 2.83. The SMILES string of the molecule is COc1ccc(CC(=O)O[C@@H](C)C(=O)Nc2cccc(S(N)(=O)=O)c2)cc1F. The van der Waals surface area contributed by atoms with Crippen molar-refractivity contribution in [1.29, 1.82) is 0 Å². The predicted molar refractivity (Wildman–Crippen MR) is 98.7 cm³/mol. The zero-order chi connectivity index (χ0) is 20.9. The third kappa shape index (κ3) is 5.76. The fourth-order valence-electron chi connectivity index (χ4n) is 2.27. The van der Waals surface area contributed by atoms with Crippen molar-refractivity contribution in [3.8, 4) is 5.75 Å². The number of methoxy groups -OCH3 is 1. The number of sulfonamides is 1. The van der Waals surface area contributed by atoms with E-state index in [4.69, 9.17) is 14.6 Å². The molecule has 0 radical (unpaired) electrons. The van der Waals surface area contributed by atoms with Gasteiger partial charge in [0.25, 0.3) is 5.91 Å². The van der Waals surface area contributed by atoms with Crippen LogP contribution in [0.5, 0.6) is 5.75 Å². The first-order valence-corrected chi connectivity index (χ1v) is 9.60. The van der Waals surface area contributed by atoms with Crippen LogP contribution in [0.1, 0.15) is 12.5 Å². The zero-order valence-corrected chi connectivity index (χ0v) is 16.0. The van der Waals surface area contributed by atoms with Crippen molar-refractivity contribution in [2.45, 2.75) is 24.3 Å². The molecule has 3 N–H and O–H groups in total. The Morgan fingerprint density at radius 2 is 1.93 bits per heavy atom. The lowest BCUT2D eigenvalue weighted by Gasteiger charge is -2.14. The van der Waals surface area contributed by atoms with Crippen LogP contribution in [0, 0.1) is 5.82 Å². The number of hydrogen-bond acceptors (Lipinski definition) is 6. The second-order valence-electron chi connectivity index (χ2n) is 5.84. The van der Waals surface area contributed by atoms with Crippen LogP contribution in [-0.4, -0.2) is 33.5 Å². The van der Waals surface area contributed by atoms with Gasteiger partial charge < -0.3 is 14.8 Å². The monoisotopic (exact) mass is 410 g/mol. The molecule has 0 aliphatic heterocycles. The topological polar surface area (TPSA) is 125 Å². The van der Waals surface area contributed by atoms with E-state index >= 15 is 0 Å². The molecular formula is C18H19FN2O6S. The van der Waals surface area contributed by atoms with E-state index in [0.29, 0.717) is 5.56 Å². The Balaban J connectivity index is 1.96. The van der Waals surface area contributed by atoms with Crippen LogP contribution >= 0.6 is 0 Å². The first-order valence-electron chi connectivity index (χ1n) is 8.06. The zero-order valence-electron chi connectivity index (χ0n) is 15.1. The Kier molecular flexibility index (Phi) is 6.71. The fraction of sp³-hybridized carbons (Fsp3) is 0.222. The number of hydrogen-bond donors (Lipinski definition) is 2. The number of anilines is 1. The summed E-state index contributed by atoms with van der Waals surface area (Å²) in [5.41, 5.74) is 0.536. The van der Waals surface area contributed by atoms with Crippen LogP contribution in [0.4, 0.5) is 10.1 Å². The van der Waals surface area contributed by atoms with Crippen molar-refractivity contribution < 1.29 is 31.9 Å². The molecule has 0 saturated carbocycles. The maximum Gasteiger partial charge on any atom is 0.311 e. The molecule has 1 atom stereocenters. The summed E-state index contributed by atoms with van der Waals surface area (Å²) in [6.45, 7) is 1.35. The number of benzene rings is 2. The van der Waals surface area contributed by atoms with Gasteiger partial charge in [0.1, 0.15) is 0 Å². The summed E-state index contributed by atoms with van der Waals surface area (Å²) in [4.78, 5) is 24.0.